The molecule has 0 radical (unpaired) electrons. The van der Waals surface area contributed by atoms with E-state index in [1.54, 1.807) is 30.5 Å². The van der Waals surface area contributed by atoms with Gasteiger partial charge in [0.05, 0.1) is 11.8 Å². The molecule has 146 valence electrons. The third kappa shape index (κ3) is 6.15. The fraction of sp³-hybridized carbons (Fsp3) is 0.0455. The molecule has 0 atom stereocenters. The van der Waals surface area contributed by atoms with Crippen molar-refractivity contribution in [1.82, 2.24) is 5.43 Å². The Morgan fingerprint density at radius 1 is 1.00 bits per heavy atom. The van der Waals surface area contributed by atoms with Crippen LogP contribution in [0.15, 0.2) is 84.0 Å². The van der Waals surface area contributed by atoms with Crippen LogP contribution in [0.3, 0.4) is 0 Å². The SMILES string of the molecule is O=C(O)c1ccc(COc2ccccc2/C=N/NC(=S)Nc2ccccc2)cc1. The molecule has 3 aromatic carbocycles. The second-order valence-electron chi connectivity index (χ2n) is 6.02. The van der Waals surface area contributed by atoms with Crippen LogP contribution in [0.25, 0.3) is 0 Å². The van der Waals surface area contributed by atoms with Crippen LogP contribution in [0, 0.1) is 0 Å². The predicted octanol–water partition coefficient (Wildman–Crippen LogP) is 4.28. The smallest absolute Gasteiger partial charge is 0.335 e. The molecule has 3 rings (SSSR count). The number of anilines is 1. The topological polar surface area (TPSA) is 83.0 Å². The number of hydrogen-bond acceptors (Lipinski definition) is 4. The Morgan fingerprint density at radius 2 is 1.69 bits per heavy atom. The molecule has 29 heavy (non-hydrogen) atoms. The molecule has 0 bridgehead atoms. The number of hydrazone groups is 1. The highest BCUT2D eigenvalue weighted by atomic mass is 32.1. The Morgan fingerprint density at radius 3 is 2.41 bits per heavy atom. The van der Waals surface area contributed by atoms with E-state index >= 15 is 0 Å². The number of carboxylic acids is 1. The lowest BCUT2D eigenvalue weighted by molar-refractivity contribution is 0.0697. The standard InChI is InChI=1S/C22H19N3O3S/c26-21(27)17-12-10-16(11-13-17)15-28-20-9-5-4-6-18(20)14-23-25-22(29)24-19-7-2-1-3-8-19/h1-14H,15H2,(H,26,27)(H2,24,25,29)/b23-14+. The van der Waals surface area contributed by atoms with E-state index in [0.29, 0.717) is 17.5 Å². The molecule has 3 N–H and O–H groups in total. The van der Waals surface area contributed by atoms with E-state index in [1.807, 2.05) is 54.6 Å². The summed E-state index contributed by atoms with van der Waals surface area (Å²) in [4.78, 5) is 10.9. The summed E-state index contributed by atoms with van der Waals surface area (Å²) in [6, 6.07) is 23.6. The van der Waals surface area contributed by atoms with Crippen molar-refractivity contribution in [3.63, 3.8) is 0 Å². The maximum absolute atomic E-state index is 10.9. The number of para-hydroxylation sites is 2. The summed E-state index contributed by atoms with van der Waals surface area (Å²) in [5.74, 6) is -0.298. The van der Waals surface area contributed by atoms with Crippen LogP contribution in [-0.4, -0.2) is 22.4 Å². The van der Waals surface area contributed by atoms with Crippen LogP contribution in [0.4, 0.5) is 5.69 Å². The average Bonchev–Trinajstić information content (AvgIpc) is 2.74. The van der Waals surface area contributed by atoms with E-state index in [0.717, 1.165) is 16.8 Å². The molecule has 6 nitrogen and oxygen atoms in total. The predicted molar refractivity (Wildman–Crippen MR) is 118 cm³/mol. The minimum atomic E-state index is -0.953. The Hall–Kier alpha value is -3.71. The first-order chi connectivity index (χ1) is 14.1. The summed E-state index contributed by atoms with van der Waals surface area (Å²) in [6.45, 7) is 0.312. The molecular formula is C22H19N3O3S. The third-order valence-corrected chi connectivity index (χ3v) is 4.11. The van der Waals surface area contributed by atoms with Gasteiger partial charge in [-0.3, -0.25) is 5.43 Å². The normalized spacial score (nSPS) is 10.5. The zero-order valence-electron chi connectivity index (χ0n) is 15.4. The summed E-state index contributed by atoms with van der Waals surface area (Å²) in [7, 11) is 0. The lowest BCUT2D eigenvalue weighted by atomic mass is 10.1. The van der Waals surface area contributed by atoms with Crippen molar-refractivity contribution < 1.29 is 14.6 Å². The van der Waals surface area contributed by atoms with Gasteiger partial charge in [0.25, 0.3) is 0 Å². The molecule has 0 saturated carbocycles. The molecule has 3 aromatic rings. The van der Waals surface area contributed by atoms with E-state index in [-0.39, 0.29) is 5.56 Å². The zero-order chi connectivity index (χ0) is 20.5. The van der Waals surface area contributed by atoms with Crippen molar-refractivity contribution in [2.45, 2.75) is 6.61 Å². The average molecular weight is 405 g/mol. The van der Waals surface area contributed by atoms with Gasteiger partial charge in [-0.15, -0.1) is 0 Å². The van der Waals surface area contributed by atoms with Gasteiger partial charge >= 0.3 is 5.97 Å². The number of carboxylic acid groups (broad SMARTS) is 1. The summed E-state index contributed by atoms with van der Waals surface area (Å²) < 4.78 is 5.86. The van der Waals surface area contributed by atoms with Crippen LogP contribution in [-0.2, 0) is 6.61 Å². The van der Waals surface area contributed by atoms with E-state index in [2.05, 4.69) is 15.8 Å². The molecule has 0 aliphatic rings. The number of aromatic carboxylic acids is 1. The fourth-order valence-electron chi connectivity index (χ4n) is 2.46. The summed E-state index contributed by atoms with van der Waals surface area (Å²) in [5.41, 5.74) is 5.54. The Labute approximate surface area is 173 Å². The summed E-state index contributed by atoms with van der Waals surface area (Å²) in [6.07, 6.45) is 1.63. The maximum Gasteiger partial charge on any atom is 0.335 e. The van der Waals surface area contributed by atoms with Crippen molar-refractivity contribution in [3.05, 3.63) is 95.6 Å². The Balaban J connectivity index is 1.57. The van der Waals surface area contributed by atoms with Gasteiger partial charge in [0, 0.05) is 11.3 Å². The largest absolute Gasteiger partial charge is 0.488 e. The molecule has 0 aliphatic heterocycles. The summed E-state index contributed by atoms with van der Waals surface area (Å²) in [5, 5.41) is 16.5. The number of nitrogens with zero attached hydrogens (tertiary/aromatic N) is 1. The second kappa shape index (κ2) is 10.0. The number of nitrogens with one attached hydrogen (secondary N) is 2. The maximum atomic E-state index is 10.9. The van der Waals surface area contributed by atoms with Crippen molar-refractivity contribution in [2.75, 3.05) is 5.32 Å². The van der Waals surface area contributed by atoms with Gasteiger partial charge < -0.3 is 15.2 Å². The monoisotopic (exact) mass is 405 g/mol. The van der Waals surface area contributed by atoms with Crippen molar-refractivity contribution in [2.24, 2.45) is 5.10 Å². The summed E-state index contributed by atoms with van der Waals surface area (Å²) >= 11 is 5.22. The minimum Gasteiger partial charge on any atom is -0.488 e. The first kappa shape index (κ1) is 20.0. The Bertz CT molecular complexity index is 1010. The van der Waals surface area contributed by atoms with Crippen molar-refractivity contribution in [1.29, 1.82) is 0 Å². The molecule has 0 spiro atoms. The third-order valence-electron chi connectivity index (χ3n) is 3.92. The van der Waals surface area contributed by atoms with Crippen LogP contribution < -0.4 is 15.5 Å². The number of benzene rings is 3. The fourth-order valence-corrected chi connectivity index (χ4v) is 2.63. The Kier molecular flexibility index (Phi) is 6.91. The van der Waals surface area contributed by atoms with Crippen LogP contribution in [0.1, 0.15) is 21.5 Å². The van der Waals surface area contributed by atoms with Crippen LogP contribution >= 0.6 is 12.2 Å². The molecule has 0 saturated heterocycles. The van der Waals surface area contributed by atoms with E-state index in [1.165, 1.54) is 0 Å². The van der Waals surface area contributed by atoms with Gasteiger partial charge in [0.15, 0.2) is 5.11 Å². The first-order valence-electron chi connectivity index (χ1n) is 8.81. The molecule has 0 unspecified atom stereocenters. The van der Waals surface area contributed by atoms with E-state index in [9.17, 15) is 4.79 Å². The lowest BCUT2D eigenvalue weighted by Gasteiger charge is -2.10. The van der Waals surface area contributed by atoms with Gasteiger partial charge in [0.2, 0.25) is 0 Å². The van der Waals surface area contributed by atoms with Crippen LogP contribution in [0.5, 0.6) is 5.75 Å². The van der Waals surface area contributed by atoms with E-state index in [4.69, 9.17) is 22.1 Å². The first-order valence-corrected chi connectivity index (χ1v) is 9.22. The molecule has 0 amide bonds. The van der Waals surface area contributed by atoms with Crippen molar-refractivity contribution in [3.8, 4) is 5.75 Å². The highest BCUT2D eigenvalue weighted by Crippen LogP contribution is 2.18. The number of ether oxygens (including phenoxy) is 1. The van der Waals surface area contributed by atoms with Gasteiger partial charge in [-0.25, -0.2) is 4.79 Å². The minimum absolute atomic E-state index is 0.243. The molecule has 0 fully saturated rings. The zero-order valence-corrected chi connectivity index (χ0v) is 16.2. The van der Waals surface area contributed by atoms with Crippen LogP contribution in [0.2, 0.25) is 0 Å². The molecule has 7 heteroatoms. The van der Waals surface area contributed by atoms with Gasteiger partial charge in [-0.2, -0.15) is 5.10 Å². The number of thiocarbonyl (C=S) groups is 1. The van der Waals surface area contributed by atoms with Gasteiger partial charge in [-0.1, -0.05) is 42.5 Å². The number of hydrogen-bond donors (Lipinski definition) is 3. The molecule has 0 heterocycles. The molecular weight excluding hydrogens is 386 g/mol. The highest BCUT2D eigenvalue weighted by molar-refractivity contribution is 7.80. The molecule has 0 aromatic heterocycles. The second-order valence-corrected chi connectivity index (χ2v) is 6.43. The lowest BCUT2D eigenvalue weighted by Crippen LogP contribution is -2.23. The quantitative estimate of drug-likeness (QED) is 0.309. The van der Waals surface area contributed by atoms with Crippen molar-refractivity contribution >= 4 is 35.2 Å². The van der Waals surface area contributed by atoms with E-state index < -0.39 is 5.97 Å². The molecule has 0 aliphatic carbocycles. The number of rotatable bonds is 7. The van der Waals surface area contributed by atoms with Gasteiger partial charge in [0.1, 0.15) is 12.4 Å². The number of carbonyl (C=O) groups is 1. The van der Waals surface area contributed by atoms with Gasteiger partial charge in [-0.05, 0) is 54.2 Å². The highest BCUT2D eigenvalue weighted by Gasteiger charge is 2.04.